The van der Waals surface area contributed by atoms with E-state index in [9.17, 15) is 10.1 Å². The standard InChI is InChI=1S/C14H21N3O2/c1-11-12(5-4-10-16-8-2-3-9-16)13(15)6-7-14(11)17(18)19/h6-7H,2-5,8-10,15H2,1H3. The monoisotopic (exact) mass is 263 g/mol. The van der Waals surface area contributed by atoms with Gasteiger partial charge < -0.3 is 10.6 Å². The maximum absolute atomic E-state index is 10.9. The zero-order valence-corrected chi connectivity index (χ0v) is 11.4. The van der Waals surface area contributed by atoms with Crippen LogP contribution in [0.1, 0.15) is 30.4 Å². The zero-order chi connectivity index (χ0) is 13.8. The summed E-state index contributed by atoms with van der Waals surface area (Å²) < 4.78 is 0. The van der Waals surface area contributed by atoms with E-state index in [2.05, 4.69) is 4.90 Å². The Morgan fingerprint density at radius 1 is 1.37 bits per heavy atom. The second kappa shape index (κ2) is 6.02. The number of nitrogens with two attached hydrogens (primary N) is 1. The van der Waals surface area contributed by atoms with E-state index in [-0.39, 0.29) is 10.6 Å². The molecule has 0 radical (unpaired) electrons. The minimum atomic E-state index is -0.335. The second-order valence-corrected chi connectivity index (χ2v) is 5.19. The number of hydrogen-bond donors (Lipinski definition) is 1. The van der Waals surface area contributed by atoms with E-state index in [0.29, 0.717) is 11.3 Å². The first-order chi connectivity index (χ1) is 9.09. The average Bonchev–Trinajstić information content (AvgIpc) is 2.86. The maximum Gasteiger partial charge on any atom is 0.272 e. The highest BCUT2D eigenvalue weighted by Gasteiger charge is 2.16. The number of likely N-dealkylation sites (tertiary alicyclic amines) is 1. The summed E-state index contributed by atoms with van der Waals surface area (Å²) >= 11 is 0. The van der Waals surface area contributed by atoms with Crippen LogP contribution in [0.3, 0.4) is 0 Å². The van der Waals surface area contributed by atoms with Gasteiger partial charge in [0.25, 0.3) is 5.69 Å². The molecule has 0 bridgehead atoms. The number of nitro groups is 1. The van der Waals surface area contributed by atoms with Gasteiger partial charge in [-0.05, 0) is 63.9 Å². The van der Waals surface area contributed by atoms with Crippen molar-refractivity contribution in [2.75, 3.05) is 25.4 Å². The summed E-state index contributed by atoms with van der Waals surface area (Å²) in [7, 11) is 0. The molecule has 1 aromatic carbocycles. The molecule has 0 saturated carbocycles. The first-order valence-corrected chi connectivity index (χ1v) is 6.84. The van der Waals surface area contributed by atoms with E-state index in [4.69, 9.17) is 5.73 Å². The molecule has 0 unspecified atom stereocenters. The second-order valence-electron chi connectivity index (χ2n) is 5.19. The lowest BCUT2D eigenvalue weighted by molar-refractivity contribution is -0.385. The Bertz CT molecular complexity index is 468. The SMILES string of the molecule is Cc1c([N+](=O)[O-])ccc(N)c1CCCN1CCCC1. The first-order valence-electron chi connectivity index (χ1n) is 6.84. The summed E-state index contributed by atoms with van der Waals surface area (Å²) in [5.41, 5.74) is 8.44. The number of hydrogen-bond acceptors (Lipinski definition) is 4. The lowest BCUT2D eigenvalue weighted by Gasteiger charge is -2.15. The summed E-state index contributed by atoms with van der Waals surface area (Å²) in [5, 5.41) is 10.9. The predicted molar refractivity (Wildman–Crippen MR) is 76.2 cm³/mol. The molecule has 0 amide bonds. The van der Waals surface area contributed by atoms with Gasteiger partial charge in [-0.15, -0.1) is 0 Å². The topological polar surface area (TPSA) is 72.4 Å². The molecule has 0 atom stereocenters. The molecule has 5 nitrogen and oxygen atoms in total. The van der Waals surface area contributed by atoms with Crippen LogP contribution in [0.15, 0.2) is 12.1 Å². The molecule has 0 aliphatic carbocycles. The van der Waals surface area contributed by atoms with E-state index < -0.39 is 0 Å². The van der Waals surface area contributed by atoms with Crippen LogP contribution in [0.2, 0.25) is 0 Å². The van der Waals surface area contributed by atoms with E-state index in [1.165, 1.54) is 32.0 Å². The van der Waals surface area contributed by atoms with Crippen molar-refractivity contribution in [2.45, 2.75) is 32.6 Å². The maximum atomic E-state index is 10.9. The van der Waals surface area contributed by atoms with Gasteiger partial charge in [0.1, 0.15) is 0 Å². The van der Waals surface area contributed by atoms with Crippen LogP contribution < -0.4 is 5.73 Å². The summed E-state index contributed by atoms with van der Waals surface area (Å²) in [6.45, 7) is 5.22. The number of anilines is 1. The average molecular weight is 263 g/mol. The van der Waals surface area contributed by atoms with Gasteiger partial charge in [0, 0.05) is 17.3 Å². The highest BCUT2D eigenvalue weighted by atomic mass is 16.6. The van der Waals surface area contributed by atoms with Crippen molar-refractivity contribution in [3.05, 3.63) is 33.4 Å². The van der Waals surface area contributed by atoms with E-state index in [1.807, 2.05) is 0 Å². The van der Waals surface area contributed by atoms with Gasteiger partial charge in [0.15, 0.2) is 0 Å². The van der Waals surface area contributed by atoms with Gasteiger partial charge in [0.05, 0.1) is 4.92 Å². The molecule has 2 N–H and O–H groups in total. The lowest BCUT2D eigenvalue weighted by Crippen LogP contribution is -2.21. The molecule has 1 fully saturated rings. The fourth-order valence-electron chi connectivity index (χ4n) is 2.78. The summed E-state index contributed by atoms with van der Waals surface area (Å²) in [6, 6.07) is 3.14. The number of nitrogen functional groups attached to an aromatic ring is 1. The number of rotatable bonds is 5. The Labute approximate surface area is 113 Å². The highest BCUT2D eigenvalue weighted by Crippen LogP contribution is 2.27. The molecule has 0 spiro atoms. The van der Waals surface area contributed by atoms with Gasteiger partial charge in [-0.25, -0.2) is 0 Å². The fraction of sp³-hybridized carbons (Fsp3) is 0.571. The minimum absolute atomic E-state index is 0.172. The van der Waals surface area contributed by atoms with Crippen molar-refractivity contribution in [3.8, 4) is 0 Å². The molecule has 1 heterocycles. The molecule has 19 heavy (non-hydrogen) atoms. The highest BCUT2D eigenvalue weighted by molar-refractivity contribution is 5.58. The lowest BCUT2D eigenvalue weighted by atomic mass is 10.00. The summed E-state index contributed by atoms with van der Waals surface area (Å²) in [4.78, 5) is 13.0. The molecule has 5 heteroatoms. The van der Waals surface area contributed by atoms with E-state index >= 15 is 0 Å². The van der Waals surface area contributed by atoms with Gasteiger partial charge >= 0.3 is 0 Å². The van der Waals surface area contributed by atoms with Crippen LogP contribution in [-0.2, 0) is 6.42 Å². The largest absolute Gasteiger partial charge is 0.398 e. The summed E-state index contributed by atoms with van der Waals surface area (Å²) in [5.74, 6) is 0. The van der Waals surface area contributed by atoms with Crippen molar-refractivity contribution < 1.29 is 4.92 Å². The van der Waals surface area contributed by atoms with Crippen molar-refractivity contribution in [1.82, 2.24) is 4.90 Å². The molecular formula is C14H21N3O2. The van der Waals surface area contributed by atoms with Crippen LogP contribution in [0.5, 0.6) is 0 Å². The van der Waals surface area contributed by atoms with Crippen LogP contribution in [0.4, 0.5) is 11.4 Å². The Hall–Kier alpha value is -1.62. The van der Waals surface area contributed by atoms with Crippen molar-refractivity contribution in [2.24, 2.45) is 0 Å². The van der Waals surface area contributed by atoms with Crippen LogP contribution >= 0.6 is 0 Å². The van der Waals surface area contributed by atoms with Crippen LogP contribution in [0, 0.1) is 17.0 Å². The zero-order valence-electron chi connectivity index (χ0n) is 11.4. The number of benzene rings is 1. The van der Waals surface area contributed by atoms with E-state index in [0.717, 1.165) is 24.9 Å². The third-order valence-electron chi connectivity index (χ3n) is 3.90. The van der Waals surface area contributed by atoms with E-state index in [1.54, 1.807) is 13.0 Å². The Morgan fingerprint density at radius 3 is 2.68 bits per heavy atom. The normalized spacial score (nSPS) is 15.8. The number of nitrogens with zero attached hydrogens (tertiary/aromatic N) is 2. The van der Waals surface area contributed by atoms with Gasteiger partial charge in [0.2, 0.25) is 0 Å². The molecule has 2 rings (SSSR count). The molecular weight excluding hydrogens is 242 g/mol. The van der Waals surface area contributed by atoms with Crippen LogP contribution in [-0.4, -0.2) is 29.5 Å². The Kier molecular flexibility index (Phi) is 4.37. The molecule has 0 aromatic heterocycles. The van der Waals surface area contributed by atoms with Gasteiger partial charge in [-0.3, -0.25) is 10.1 Å². The third kappa shape index (κ3) is 3.23. The van der Waals surface area contributed by atoms with Crippen molar-refractivity contribution in [3.63, 3.8) is 0 Å². The van der Waals surface area contributed by atoms with Crippen LogP contribution in [0.25, 0.3) is 0 Å². The smallest absolute Gasteiger partial charge is 0.272 e. The van der Waals surface area contributed by atoms with Gasteiger partial charge in [-0.1, -0.05) is 0 Å². The molecule has 1 aliphatic rings. The summed E-state index contributed by atoms with van der Waals surface area (Å²) in [6.07, 6.45) is 4.40. The Morgan fingerprint density at radius 2 is 2.05 bits per heavy atom. The number of nitro benzene ring substituents is 1. The molecule has 1 aromatic rings. The fourth-order valence-corrected chi connectivity index (χ4v) is 2.78. The van der Waals surface area contributed by atoms with Crippen molar-refractivity contribution in [1.29, 1.82) is 0 Å². The molecule has 1 aliphatic heterocycles. The molecule has 1 saturated heterocycles. The quantitative estimate of drug-likeness (QED) is 0.503. The van der Waals surface area contributed by atoms with Gasteiger partial charge in [-0.2, -0.15) is 0 Å². The predicted octanol–water partition coefficient (Wildman–Crippen LogP) is 2.51. The molecule has 104 valence electrons. The van der Waals surface area contributed by atoms with Crippen molar-refractivity contribution >= 4 is 11.4 Å². The first kappa shape index (κ1) is 13.8. The third-order valence-corrected chi connectivity index (χ3v) is 3.90. The minimum Gasteiger partial charge on any atom is -0.398 e. The Balaban J connectivity index is 2.02.